The van der Waals surface area contributed by atoms with Gasteiger partial charge in [-0.1, -0.05) is 12.1 Å². The number of ether oxygens (including phenoxy) is 1. The molecular weight excluding hydrogens is 284 g/mol. The number of benzene rings is 1. The van der Waals surface area contributed by atoms with Gasteiger partial charge in [-0.15, -0.1) is 0 Å². The Balaban J connectivity index is 2.21. The predicted molar refractivity (Wildman–Crippen MR) is 70.0 cm³/mol. The van der Waals surface area contributed by atoms with E-state index in [1.165, 1.54) is 0 Å². The molecule has 0 aliphatic heterocycles. The minimum atomic E-state index is -0.725. The largest absolute Gasteiger partial charge is 0.457 e. The van der Waals surface area contributed by atoms with Gasteiger partial charge in [-0.3, -0.25) is 0 Å². The number of aliphatic hydroxyl groups is 1. The average Bonchev–Trinajstić information content (AvgIpc) is 2.71. The van der Waals surface area contributed by atoms with Crippen molar-refractivity contribution in [2.45, 2.75) is 26.1 Å². The summed E-state index contributed by atoms with van der Waals surface area (Å²) in [5.74, 6) is 0.535. The zero-order chi connectivity index (χ0) is 12.4. The summed E-state index contributed by atoms with van der Waals surface area (Å²) in [6, 6.07) is 7.63. The van der Waals surface area contributed by atoms with Gasteiger partial charge in [0.25, 0.3) is 0 Å². The number of fused-ring (bicyclic) bond motifs is 1. The van der Waals surface area contributed by atoms with Gasteiger partial charge in [-0.05, 0) is 41.9 Å². The van der Waals surface area contributed by atoms with Crippen LogP contribution in [-0.4, -0.2) is 17.8 Å². The van der Waals surface area contributed by atoms with Crippen molar-refractivity contribution in [3.63, 3.8) is 0 Å². The third-order valence-corrected chi connectivity index (χ3v) is 3.06. The standard InChI is InChI=1S/C13H15BrO3/c1-8(2)16-7-11(15)12-6-9-4-3-5-10(14)13(9)17-12/h3-6,8,11,15H,7H2,1-2H3. The molecule has 4 heteroatoms. The molecule has 0 aliphatic rings. The number of rotatable bonds is 4. The van der Waals surface area contributed by atoms with E-state index in [1.54, 1.807) is 0 Å². The molecule has 1 unspecified atom stereocenters. The molecule has 0 fully saturated rings. The van der Waals surface area contributed by atoms with Crippen LogP contribution in [-0.2, 0) is 4.74 Å². The molecule has 1 atom stereocenters. The van der Waals surface area contributed by atoms with Gasteiger partial charge in [0.1, 0.15) is 17.4 Å². The maximum absolute atomic E-state index is 9.93. The third kappa shape index (κ3) is 2.89. The first kappa shape index (κ1) is 12.6. The van der Waals surface area contributed by atoms with Crippen LogP contribution < -0.4 is 0 Å². The van der Waals surface area contributed by atoms with Gasteiger partial charge in [-0.2, -0.15) is 0 Å². The highest BCUT2D eigenvalue weighted by molar-refractivity contribution is 9.10. The summed E-state index contributed by atoms with van der Waals surface area (Å²) >= 11 is 3.41. The topological polar surface area (TPSA) is 42.6 Å². The fourth-order valence-electron chi connectivity index (χ4n) is 1.58. The molecule has 0 amide bonds. The summed E-state index contributed by atoms with van der Waals surface area (Å²) in [4.78, 5) is 0. The molecule has 2 aromatic rings. The van der Waals surface area contributed by atoms with E-state index < -0.39 is 6.10 Å². The summed E-state index contributed by atoms with van der Waals surface area (Å²) in [6.07, 6.45) is -0.627. The van der Waals surface area contributed by atoms with Crippen LogP contribution >= 0.6 is 15.9 Å². The van der Waals surface area contributed by atoms with Crippen LogP contribution in [0.25, 0.3) is 11.0 Å². The Morgan fingerprint density at radius 2 is 2.18 bits per heavy atom. The van der Waals surface area contributed by atoms with E-state index in [4.69, 9.17) is 9.15 Å². The minimum Gasteiger partial charge on any atom is -0.457 e. The van der Waals surface area contributed by atoms with Gasteiger partial charge in [0.2, 0.25) is 0 Å². The number of aliphatic hydroxyl groups excluding tert-OH is 1. The second kappa shape index (κ2) is 5.21. The molecule has 1 heterocycles. The molecule has 1 N–H and O–H groups in total. The average molecular weight is 299 g/mol. The maximum Gasteiger partial charge on any atom is 0.148 e. The van der Waals surface area contributed by atoms with E-state index in [9.17, 15) is 5.11 Å². The zero-order valence-corrected chi connectivity index (χ0v) is 11.4. The van der Waals surface area contributed by atoms with Gasteiger partial charge in [0.05, 0.1) is 17.2 Å². The molecule has 0 radical (unpaired) electrons. The van der Waals surface area contributed by atoms with Crippen molar-refractivity contribution in [1.29, 1.82) is 0 Å². The molecule has 2 rings (SSSR count). The number of halogens is 1. The summed E-state index contributed by atoms with van der Waals surface area (Å²) in [7, 11) is 0. The van der Waals surface area contributed by atoms with Gasteiger partial charge < -0.3 is 14.3 Å². The first-order chi connectivity index (χ1) is 8.08. The fraction of sp³-hybridized carbons (Fsp3) is 0.385. The molecule has 1 aromatic heterocycles. The van der Waals surface area contributed by atoms with Crippen LogP contribution in [0.1, 0.15) is 25.7 Å². The predicted octanol–water partition coefficient (Wildman–Crippen LogP) is 3.65. The summed E-state index contributed by atoms with van der Waals surface area (Å²) in [5.41, 5.74) is 0.756. The van der Waals surface area contributed by atoms with Crippen molar-refractivity contribution < 1.29 is 14.3 Å². The first-order valence-corrected chi connectivity index (χ1v) is 6.35. The van der Waals surface area contributed by atoms with Gasteiger partial charge in [0.15, 0.2) is 0 Å². The lowest BCUT2D eigenvalue weighted by atomic mass is 10.2. The number of hydrogen-bond acceptors (Lipinski definition) is 3. The quantitative estimate of drug-likeness (QED) is 0.937. The normalized spacial score (nSPS) is 13.5. The molecule has 0 saturated heterocycles. The van der Waals surface area contributed by atoms with Crippen molar-refractivity contribution in [2.75, 3.05) is 6.61 Å². The Labute approximate surface area is 109 Å². The zero-order valence-electron chi connectivity index (χ0n) is 9.81. The third-order valence-electron chi connectivity index (χ3n) is 2.43. The second-order valence-electron chi connectivity index (χ2n) is 4.20. The highest BCUT2D eigenvalue weighted by Crippen LogP contribution is 2.29. The molecule has 1 aromatic carbocycles. The lowest BCUT2D eigenvalue weighted by Gasteiger charge is -2.10. The smallest absolute Gasteiger partial charge is 0.148 e. The molecule has 0 aliphatic carbocycles. The van der Waals surface area contributed by atoms with Crippen LogP contribution in [0.2, 0.25) is 0 Å². The maximum atomic E-state index is 9.93. The van der Waals surface area contributed by atoms with Crippen LogP contribution in [0.3, 0.4) is 0 Å². The van der Waals surface area contributed by atoms with Crippen LogP contribution in [0, 0.1) is 0 Å². The van der Waals surface area contributed by atoms with Crippen molar-refractivity contribution in [2.24, 2.45) is 0 Å². The first-order valence-electron chi connectivity index (χ1n) is 5.55. The van der Waals surface area contributed by atoms with E-state index in [0.29, 0.717) is 5.76 Å². The summed E-state index contributed by atoms with van der Waals surface area (Å²) in [6.45, 7) is 4.11. The highest BCUT2D eigenvalue weighted by atomic mass is 79.9. The molecule has 0 spiro atoms. The Hall–Kier alpha value is -0.840. The number of hydrogen-bond donors (Lipinski definition) is 1. The Morgan fingerprint density at radius 1 is 1.41 bits per heavy atom. The Bertz CT molecular complexity index is 504. The van der Waals surface area contributed by atoms with Crippen molar-refractivity contribution >= 4 is 26.9 Å². The molecule has 17 heavy (non-hydrogen) atoms. The number of para-hydroxylation sites is 1. The molecule has 0 bridgehead atoms. The van der Waals surface area contributed by atoms with Crippen molar-refractivity contribution in [1.82, 2.24) is 0 Å². The Kier molecular flexibility index (Phi) is 3.86. The fourth-order valence-corrected chi connectivity index (χ4v) is 2.04. The lowest BCUT2D eigenvalue weighted by Crippen LogP contribution is -2.11. The van der Waals surface area contributed by atoms with Gasteiger partial charge in [0, 0.05) is 5.39 Å². The monoisotopic (exact) mass is 298 g/mol. The summed E-state index contributed by atoms with van der Waals surface area (Å²) in [5, 5.41) is 10.9. The second-order valence-corrected chi connectivity index (χ2v) is 5.06. The van der Waals surface area contributed by atoms with E-state index in [-0.39, 0.29) is 12.7 Å². The van der Waals surface area contributed by atoms with E-state index in [0.717, 1.165) is 15.4 Å². The number of furan rings is 1. The van der Waals surface area contributed by atoms with E-state index in [1.807, 2.05) is 38.1 Å². The lowest BCUT2D eigenvalue weighted by molar-refractivity contribution is -0.00288. The van der Waals surface area contributed by atoms with Crippen LogP contribution in [0.4, 0.5) is 0 Å². The van der Waals surface area contributed by atoms with Crippen molar-refractivity contribution in [3.8, 4) is 0 Å². The SMILES string of the molecule is CC(C)OCC(O)c1cc2cccc(Br)c2o1. The highest BCUT2D eigenvalue weighted by Gasteiger charge is 2.15. The van der Waals surface area contributed by atoms with Crippen LogP contribution in [0.5, 0.6) is 0 Å². The molecular formula is C13H15BrO3. The van der Waals surface area contributed by atoms with E-state index >= 15 is 0 Å². The van der Waals surface area contributed by atoms with Crippen LogP contribution in [0.15, 0.2) is 33.2 Å². The van der Waals surface area contributed by atoms with Crippen molar-refractivity contribution in [3.05, 3.63) is 34.5 Å². The van der Waals surface area contributed by atoms with E-state index in [2.05, 4.69) is 15.9 Å². The molecule has 3 nitrogen and oxygen atoms in total. The summed E-state index contributed by atoms with van der Waals surface area (Å²) < 4.78 is 11.9. The minimum absolute atomic E-state index is 0.0979. The molecule has 92 valence electrons. The Morgan fingerprint density at radius 3 is 2.82 bits per heavy atom. The van der Waals surface area contributed by atoms with Gasteiger partial charge >= 0.3 is 0 Å². The molecule has 0 saturated carbocycles. The van der Waals surface area contributed by atoms with Gasteiger partial charge in [-0.25, -0.2) is 0 Å².